The SMILES string of the molecule is COc1ccc(N2C(=O)[C@H]3[C@H](c4ccc(C(C)(C)C)cc4)c4sc(=O)n(CC(=O)Nc5ccc(S(N)(=O)=O)cc5)c4S[C@H]3C2=O)cc1. The molecule has 0 aliphatic carbocycles. The molecule has 3 aromatic carbocycles. The number of fused-ring (bicyclic) bond motifs is 2. The molecule has 47 heavy (non-hydrogen) atoms. The summed E-state index contributed by atoms with van der Waals surface area (Å²) in [6.45, 7) is 5.95. The molecule has 1 aromatic heterocycles. The number of nitrogens with two attached hydrogens (primary N) is 1. The van der Waals surface area contributed by atoms with E-state index in [-0.39, 0.29) is 22.8 Å². The van der Waals surface area contributed by atoms with E-state index in [1.54, 1.807) is 24.3 Å². The zero-order valence-electron chi connectivity index (χ0n) is 25.9. The molecule has 2 aliphatic heterocycles. The summed E-state index contributed by atoms with van der Waals surface area (Å²) in [5.41, 5.74) is 2.51. The van der Waals surface area contributed by atoms with E-state index in [0.29, 0.717) is 27.0 Å². The van der Waals surface area contributed by atoms with Crippen LogP contribution in [0, 0.1) is 5.92 Å². The Hall–Kier alpha value is -4.24. The predicted octanol–water partition coefficient (Wildman–Crippen LogP) is 4.30. The van der Waals surface area contributed by atoms with Crippen molar-refractivity contribution in [3.8, 4) is 5.75 Å². The maximum Gasteiger partial charge on any atom is 0.308 e. The van der Waals surface area contributed by atoms with Crippen molar-refractivity contribution >= 4 is 62.2 Å². The molecular formula is C33H32N4O7S3. The van der Waals surface area contributed by atoms with Crippen molar-refractivity contribution in [2.45, 2.75) is 53.8 Å². The van der Waals surface area contributed by atoms with Crippen LogP contribution in [0.4, 0.5) is 11.4 Å². The van der Waals surface area contributed by atoms with Gasteiger partial charge in [0.05, 0.1) is 28.6 Å². The Morgan fingerprint density at radius 2 is 1.57 bits per heavy atom. The topological polar surface area (TPSA) is 158 Å². The summed E-state index contributed by atoms with van der Waals surface area (Å²) in [5.74, 6) is -2.08. The fraction of sp³-hybridized carbons (Fsp3) is 0.273. The number of methoxy groups -OCH3 is 1. The van der Waals surface area contributed by atoms with Gasteiger partial charge >= 0.3 is 4.87 Å². The molecule has 3 atom stereocenters. The van der Waals surface area contributed by atoms with Crippen molar-refractivity contribution in [3.05, 3.63) is 98.5 Å². The highest BCUT2D eigenvalue weighted by molar-refractivity contribution is 8.00. The number of imide groups is 1. The molecule has 0 spiro atoms. The van der Waals surface area contributed by atoms with Gasteiger partial charge in [0, 0.05) is 16.5 Å². The first kappa shape index (κ1) is 32.7. The van der Waals surface area contributed by atoms with Gasteiger partial charge < -0.3 is 10.1 Å². The van der Waals surface area contributed by atoms with E-state index >= 15 is 0 Å². The first-order chi connectivity index (χ1) is 22.2. The van der Waals surface area contributed by atoms with E-state index in [1.165, 1.54) is 40.8 Å². The zero-order valence-corrected chi connectivity index (χ0v) is 28.4. The Labute approximate surface area is 279 Å². The second-order valence-corrected chi connectivity index (χ2v) is 16.0. The highest BCUT2D eigenvalue weighted by Gasteiger charge is 2.56. The minimum Gasteiger partial charge on any atom is -0.497 e. The molecule has 0 saturated carbocycles. The third-order valence-electron chi connectivity index (χ3n) is 8.28. The number of benzene rings is 3. The number of thiazole rings is 1. The number of primary sulfonamides is 1. The lowest BCUT2D eigenvalue weighted by molar-refractivity contribution is -0.122. The minimum absolute atomic E-state index is 0.106. The smallest absolute Gasteiger partial charge is 0.308 e. The van der Waals surface area contributed by atoms with Gasteiger partial charge in [0.1, 0.15) is 17.5 Å². The Kier molecular flexibility index (Phi) is 8.41. The molecular weight excluding hydrogens is 661 g/mol. The summed E-state index contributed by atoms with van der Waals surface area (Å²) < 4.78 is 29.8. The molecule has 3 amide bonds. The fourth-order valence-corrected chi connectivity index (χ4v) is 9.15. The molecule has 14 heteroatoms. The number of carbonyl (C=O) groups excluding carboxylic acids is 3. The fourth-order valence-electron chi connectivity index (χ4n) is 5.86. The molecule has 6 rings (SSSR count). The van der Waals surface area contributed by atoms with Gasteiger partial charge in [0.2, 0.25) is 27.7 Å². The van der Waals surface area contributed by atoms with E-state index in [4.69, 9.17) is 9.88 Å². The number of nitrogens with one attached hydrogen (secondary N) is 1. The third-order valence-corrected chi connectivity index (χ3v) is 11.8. The molecule has 2 aliphatic rings. The van der Waals surface area contributed by atoms with Crippen LogP contribution in [0.5, 0.6) is 5.75 Å². The van der Waals surface area contributed by atoms with E-state index < -0.39 is 43.8 Å². The number of aromatic nitrogens is 1. The van der Waals surface area contributed by atoms with Gasteiger partial charge in [-0.05, 0) is 65.1 Å². The molecule has 3 heterocycles. The van der Waals surface area contributed by atoms with E-state index in [1.807, 2.05) is 24.3 Å². The predicted molar refractivity (Wildman–Crippen MR) is 181 cm³/mol. The molecule has 1 fully saturated rings. The molecule has 0 radical (unpaired) electrons. The van der Waals surface area contributed by atoms with Crippen molar-refractivity contribution in [2.24, 2.45) is 11.1 Å². The van der Waals surface area contributed by atoms with Crippen LogP contribution in [-0.2, 0) is 36.4 Å². The van der Waals surface area contributed by atoms with Gasteiger partial charge in [0.15, 0.2) is 0 Å². The van der Waals surface area contributed by atoms with Crippen LogP contribution < -0.4 is 25.0 Å². The number of amides is 3. The molecule has 3 N–H and O–H groups in total. The van der Waals surface area contributed by atoms with Gasteiger partial charge in [-0.15, -0.1) is 0 Å². The van der Waals surface area contributed by atoms with Gasteiger partial charge in [-0.2, -0.15) is 0 Å². The average Bonchev–Trinajstić information content (AvgIpc) is 3.46. The lowest BCUT2D eigenvalue weighted by Gasteiger charge is -2.31. The lowest BCUT2D eigenvalue weighted by atomic mass is 9.81. The largest absolute Gasteiger partial charge is 0.497 e. The van der Waals surface area contributed by atoms with Crippen LogP contribution >= 0.6 is 23.1 Å². The lowest BCUT2D eigenvalue weighted by Crippen LogP contribution is -2.33. The minimum atomic E-state index is -3.90. The Balaban J connectivity index is 1.38. The van der Waals surface area contributed by atoms with Crippen molar-refractivity contribution in [2.75, 3.05) is 17.3 Å². The number of anilines is 2. The number of carbonyl (C=O) groups is 3. The van der Waals surface area contributed by atoms with E-state index in [9.17, 15) is 27.6 Å². The van der Waals surface area contributed by atoms with E-state index in [2.05, 4.69) is 26.1 Å². The maximum absolute atomic E-state index is 14.2. The number of hydrogen-bond acceptors (Lipinski definition) is 9. The normalized spacial score (nSPS) is 19.3. The first-order valence-electron chi connectivity index (χ1n) is 14.6. The highest BCUT2D eigenvalue weighted by Crippen LogP contribution is 2.54. The van der Waals surface area contributed by atoms with Crippen molar-refractivity contribution < 1.29 is 27.5 Å². The monoisotopic (exact) mass is 692 g/mol. The molecule has 244 valence electrons. The van der Waals surface area contributed by atoms with Crippen LogP contribution in [0.1, 0.15) is 42.7 Å². The van der Waals surface area contributed by atoms with Crippen molar-refractivity contribution in [1.82, 2.24) is 4.57 Å². The molecule has 0 bridgehead atoms. The van der Waals surface area contributed by atoms with Crippen LogP contribution in [0.3, 0.4) is 0 Å². The van der Waals surface area contributed by atoms with Crippen LogP contribution in [0.2, 0.25) is 0 Å². The van der Waals surface area contributed by atoms with E-state index in [0.717, 1.165) is 34.2 Å². The Bertz CT molecular complexity index is 2050. The summed E-state index contributed by atoms with van der Waals surface area (Å²) in [6.07, 6.45) is 0. The highest BCUT2D eigenvalue weighted by atomic mass is 32.2. The molecule has 11 nitrogen and oxygen atoms in total. The molecule has 0 unspecified atom stereocenters. The number of nitrogens with zero attached hydrogens (tertiary/aromatic N) is 2. The van der Waals surface area contributed by atoms with Gasteiger partial charge in [-0.25, -0.2) is 18.5 Å². The molecule has 4 aromatic rings. The number of sulfonamides is 1. The van der Waals surface area contributed by atoms with Gasteiger partial charge in [-0.1, -0.05) is 68.1 Å². The van der Waals surface area contributed by atoms with Crippen molar-refractivity contribution in [3.63, 3.8) is 0 Å². The summed E-state index contributed by atoms with van der Waals surface area (Å²) in [4.78, 5) is 56.1. The quantitative estimate of drug-likeness (QED) is 0.272. The molecule has 1 saturated heterocycles. The van der Waals surface area contributed by atoms with Crippen molar-refractivity contribution in [1.29, 1.82) is 0 Å². The average molecular weight is 693 g/mol. The van der Waals surface area contributed by atoms with Crippen LogP contribution in [-0.4, -0.2) is 43.1 Å². The second kappa shape index (κ2) is 12.1. The summed E-state index contributed by atoms with van der Waals surface area (Å²) in [7, 11) is -2.37. The van der Waals surface area contributed by atoms with Gasteiger partial charge in [0.25, 0.3) is 0 Å². The number of hydrogen-bond donors (Lipinski definition) is 2. The van der Waals surface area contributed by atoms with Crippen LogP contribution in [0.25, 0.3) is 0 Å². The maximum atomic E-state index is 14.2. The zero-order chi connectivity index (χ0) is 33.8. The number of ether oxygens (including phenoxy) is 1. The number of rotatable bonds is 7. The summed E-state index contributed by atoms with van der Waals surface area (Å²) in [6, 6.07) is 19.9. The van der Waals surface area contributed by atoms with Crippen LogP contribution in [0.15, 0.2) is 87.5 Å². The Morgan fingerprint density at radius 3 is 2.15 bits per heavy atom. The Morgan fingerprint density at radius 1 is 0.936 bits per heavy atom. The standard InChI is InChI=1S/C33H32N4O7S3/c1-33(2,3)19-7-5-18(6-8-19)25-26-27(30(40)37(29(26)39)21-11-13-22(44-4)14-12-21)45-31-28(25)46-32(41)36(31)17-24(38)35-20-9-15-23(16-10-20)47(34,42)43/h5-16,25-27H,17H2,1-4H3,(H,35,38)(H2,34,42,43)/t25-,26-,27+/m0/s1. The third kappa shape index (κ3) is 6.13. The second-order valence-electron chi connectivity index (χ2n) is 12.4. The van der Waals surface area contributed by atoms with Gasteiger partial charge in [-0.3, -0.25) is 23.7 Å². The number of thioether (sulfide) groups is 1. The summed E-state index contributed by atoms with van der Waals surface area (Å²) in [5, 5.41) is 7.47. The first-order valence-corrected chi connectivity index (χ1v) is 17.9. The summed E-state index contributed by atoms with van der Waals surface area (Å²) >= 11 is 2.09.